The number of aromatic amines is 1. The van der Waals surface area contributed by atoms with E-state index in [0.717, 1.165) is 34.1 Å². The lowest BCUT2D eigenvalue weighted by molar-refractivity contribution is -0.131. The summed E-state index contributed by atoms with van der Waals surface area (Å²) in [6.07, 6.45) is 3.25. The summed E-state index contributed by atoms with van der Waals surface area (Å²) in [7, 11) is 1.35. The number of benzene rings is 2. The van der Waals surface area contributed by atoms with Crippen LogP contribution in [0.4, 0.5) is 0 Å². The van der Waals surface area contributed by atoms with Gasteiger partial charge in [-0.3, -0.25) is 0 Å². The second-order valence-corrected chi connectivity index (χ2v) is 5.50. The molecule has 6 nitrogen and oxygen atoms in total. The van der Waals surface area contributed by atoms with Crippen LogP contribution in [0.15, 0.2) is 48.5 Å². The van der Waals surface area contributed by atoms with Crippen LogP contribution in [0.5, 0.6) is 0 Å². The van der Waals surface area contributed by atoms with E-state index in [2.05, 4.69) is 9.97 Å². The summed E-state index contributed by atoms with van der Waals surface area (Å²) in [5, 5.41) is 8.63. The van der Waals surface area contributed by atoms with Crippen molar-refractivity contribution in [3.8, 4) is 0 Å². The number of carboxylic acids is 1. The van der Waals surface area contributed by atoms with Gasteiger partial charge in [-0.25, -0.2) is 14.6 Å². The fourth-order valence-electron chi connectivity index (χ4n) is 2.50. The van der Waals surface area contributed by atoms with Crippen molar-refractivity contribution >= 4 is 29.0 Å². The molecule has 0 radical (unpaired) electrons. The zero-order valence-corrected chi connectivity index (χ0v) is 13.5. The molecule has 0 saturated carbocycles. The number of imidazole rings is 1. The molecule has 3 aromatic rings. The predicted octanol–water partition coefficient (Wildman–Crippen LogP) is 3.04. The summed E-state index contributed by atoms with van der Waals surface area (Å²) >= 11 is 0. The number of methoxy groups -OCH3 is 1. The number of hydrogen-bond acceptors (Lipinski definition) is 4. The predicted molar refractivity (Wildman–Crippen MR) is 93.4 cm³/mol. The molecule has 3 rings (SSSR count). The number of ether oxygens (including phenoxy) is 1. The highest BCUT2D eigenvalue weighted by molar-refractivity contribution is 5.93. The average Bonchev–Trinajstić information content (AvgIpc) is 3.01. The second-order valence-electron chi connectivity index (χ2n) is 5.50. The zero-order valence-electron chi connectivity index (χ0n) is 13.5. The van der Waals surface area contributed by atoms with Gasteiger partial charge in [-0.1, -0.05) is 24.3 Å². The van der Waals surface area contributed by atoms with Crippen molar-refractivity contribution in [3.63, 3.8) is 0 Å². The normalized spacial score (nSPS) is 11.1. The molecular weight excluding hydrogens is 320 g/mol. The van der Waals surface area contributed by atoms with E-state index in [1.807, 2.05) is 24.3 Å². The average molecular weight is 336 g/mol. The molecule has 126 valence electrons. The van der Waals surface area contributed by atoms with Crippen molar-refractivity contribution in [2.75, 3.05) is 7.11 Å². The molecule has 0 aliphatic carbocycles. The van der Waals surface area contributed by atoms with Crippen LogP contribution >= 0.6 is 0 Å². The summed E-state index contributed by atoms with van der Waals surface area (Å²) in [6, 6.07) is 12.7. The van der Waals surface area contributed by atoms with E-state index in [0.29, 0.717) is 12.0 Å². The number of carbonyl (C=O) groups is 2. The van der Waals surface area contributed by atoms with Gasteiger partial charge in [0.15, 0.2) is 0 Å². The largest absolute Gasteiger partial charge is 0.478 e. The summed E-state index contributed by atoms with van der Waals surface area (Å²) < 4.78 is 4.72. The van der Waals surface area contributed by atoms with Crippen molar-refractivity contribution in [2.24, 2.45) is 0 Å². The van der Waals surface area contributed by atoms with Crippen LogP contribution in [0.25, 0.3) is 17.1 Å². The molecule has 2 N–H and O–H groups in total. The van der Waals surface area contributed by atoms with Gasteiger partial charge in [0, 0.05) is 12.5 Å². The number of rotatable bonds is 5. The first kappa shape index (κ1) is 16.4. The molecule has 0 amide bonds. The lowest BCUT2D eigenvalue weighted by atomic mass is 10.1. The second kappa shape index (κ2) is 7.00. The van der Waals surface area contributed by atoms with Gasteiger partial charge >= 0.3 is 11.9 Å². The summed E-state index contributed by atoms with van der Waals surface area (Å²) in [5.41, 5.74) is 3.89. The Kier molecular flexibility index (Phi) is 4.61. The lowest BCUT2D eigenvalue weighted by Gasteiger charge is -1.99. The number of aromatic nitrogens is 2. The molecule has 25 heavy (non-hydrogen) atoms. The Balaban J connectivity index is 1.78. The van der Waals surface area contributed by atoms with E-state index in [1.165, 1.54) is 7.11 Å². The smallest absolute Gasteiger partial charge is 0.337 e. The molecule has 0 aliphatic heterocycles. The highest BCUT2D eigenvalue weighted by Crippen LogP contribution is 2.17. The van der Waals surface area contributed by atoms with Gasteiger partial charge in [0.05, 0.1) is 23.7 Å². The van der Waals surface area contributed by atoms with E-state index >= 15 is 0 Å². The van der Waals surface area contributed by atoms with Gasteiger partial charge in [-0.05, 0) is 35.4 Å². The third kappa shape index (κ3) is 3.92. The minimum absolute atomic E-state index is 0.386. The van der Waals surface area contributed by atoms with Gasteiger partial charge in [0.25, 0.3) is 0 Å². The molecule has 0 saturated heterocycles. The minimum atomic E-state index is -0.974. The number of fused-ring (bicyclic) bond motifs is 1. The maximum Gasteiger partial charge on any atom is 0.337 e. The van der Waals surface area contributed by atoms with Crippen LogP contribution in [0, 0.1) is 0 Å². The van der Waals surface area contributed by atoms with Crippen LogP contribution in [0.2, 0.25) is 0 Å². The summed E-state index contributed by atoms with van der Waals surface area (Å²) in [6.45, 7) is 0. The minimum Gasteiger partial charge on any atom is -0.478 e. The number of carbonyl (C=O) groups excluding carboxylic acids is 1. The Morgan fingerprint density at radius 2 is 1.96 bits per heavy atom. The quantitative estimate of drug-likeness (QED) is 0.552. The first-order valence-corrected chi connectivity index (χ1v) is 7.62. The molecule has 0 unspecified atom stereocenters. The Morgan fingerprint density at radius 3 is 2.64 bits per heavy atom. The highest BCUT2D eigenvalue weighted by Gasteiger charge is 2.09. The summed E-state index contributed by atoms with van der Waals surface area (Å²) in [4.78, 5) is 29.8. The third-order valence-corrected chi connectivity index (χ3v) is 3.72. The Labute approximate surface area is 143 Å². The standard InChI is InChI=1S/C19H16N2O4/c1-25-19(24)14-7-8-15-16(11-14)21-17(20-15)10-13-4-2-12(3-5-13)6-9-18(22)23/h2-9,11H,10H2,1H3,(H,20,21)(H,22,23)/b9-6+. The first-order chi connectivity index (χ1) is 12.0. The molecular formula is C19H16N2O4. The van der Waals surface area contributed by atoms with Crippen molar-refractivity contribution < 1.29 is 19.4 Å². The topological polar surface area (TPSA) is 92.3 Å². The maximum absolute atomic E-state index is 11.6. The van der Waals surface area contributed by atoms with Crippen molar-refractivity contribution in [1.82, 2.24) is 9.97 Å². The number of nitrogens with zero attached hydrogens (tertiary/aromatic N) is 1. The molecule has 0 fully saturated rings. The molecule has 0 atom stereocenters. The molecule has 0 bridgehead atoms. The fourth-order valence-corrected chi connectivity index (χ4v) is 2.50. The van der Waals surface area contributed by atoms with Crippen molar-refractivity contribution in [3.05, 3.63) is 71.1 Å². The summed E-state index contributed by atoms with van der Waals surface area (Å²) in [5.74, 6) is -0.577. The number of H-pyrrole nitrogens is 1. The van der Waals surface area contributed by atoms with Gasteiger partial charge in [-0.2, -0.15) is 0 Å². The Hall–Kier alpha value is -3.41. The monoisotopic (exact) mass is 336 g/mol. The van der Waals surface area contributed by atoms with Crippen LogP contribution in [-0.2, 0) is 16.0 Å². The zero-order chi connectivity index (χ0) is 17.8. The third-order valence-electron chi connectivity index (χ3n) is 3.72. The molecule has 2 aromatic carbocycles. The number of esters is 1. The highest BCUT2D eigenvalue weighted by atomic mass is 16.5. The van der Waals surface area contributed by atoms with Gasteiger partial charge < -0.3 is 14.8 Å². The van der Waals surface area contributed by atoms with Gasteiger partial charge in [0.1, 0.15) is 5.82 Å². The van der Waals surface area contributed by atoms with Crippen molar-refractivity contribution in [2.45, 2.75) is 6.42 Å². The molecule has 0 spiro atoms. The molecule has 1 aromatic heterocycles. The van der Waals surface area contributed by atoms with Gasteiger partial charge in [-0.15, -0.1) is 0 Å². The van der Waals surface area contributed by atoms with E-state index < -0.39 is 5.97 Å². The molecule has 0 aliphatic rings. The van der Waals surface area contributed by atoms with E-state index in [1.54, 1.807) is 24.3 Å². The molecule has 6 heteroatoms. The van der Waals surface area contributed by atoms with Crippen molar-refractivity contribution in [1.29, 1.82) is 0 Å². The lowest BCUT2D eigenvalue weighted by Crippen LogP contribution is -2.00. The first-order valence-electron chi connectivity index (χ1n) is 7.62. The number of carboxylic acid groups (broad SMARTS) is 1. The Morgan fingerprint density at radius 1 is 1.20 bits per heavy atom. The van der Waals surface area contributed by atoms with Crippen LogP contribution < -0.4 is 0 Å². The Bertz CT molecular complexity index is 955. The fraction of sp³-hybridized carbons (Fsp3) is 0.105. The van der Waals surface area contributed by atoms with E-state index in [4.69, 9.17) is 9.84 Å². The SMILES string of the molecule is COC(=O)c1ccc2nc(Cc3ccc(/C=C/C(=O)O)cc3)[nH]c2c1. The number of hydrogen-bond donors (Lipinski definition) is 2. The van der Waals surface area contributed by atoms with Gasteiger partial charge in [0.2, 0.25) is 0 Å². The van der Waals surface area contributed by atoms with Crippen LogP contribution in [-0.4, -0.2) is 34.1 Å². The van der Waals surface area contributed by atoms with Crippen LogP contribution in [0.3, 0.4) is 0 Å². The number of aliphatic carboxylic acids is 1. The van der Waals surface area contributed by atoms with E-state index in [-0.39, 0.29) is 5.97 Å². The number of nitrogens with one attached hydrogen (secondary N) is 1. The molecule has 1 heterocycles. The maximum atomic E-state index is 11.6. The van der Waals surface area contributed by atoms with Crippen LogP contribution in [0.1, 0.15) is 27.3 Å². The van der Waals surface area contributed by atoms with E-state index in [9.17, 15) is 9.59 Å².